The molecule has 0 unspecified atom stereocenters. The van der Waals surface area contributed by atoms with Gasteiger partial charge in [0.25, 0.3) is 5.91 Å². The highest BCUT2D eigenvalue weighted by Gasteiger charge is 2.10. The molecule has 6 nitrogen and oxygen atoms in total. The topological polar surface area (TPSA) is 61.7 Å². The summed E-state index contributed by atoms with van der Waals surface area (Å²) in [4.78, 5) is 18.4. The van der Waals surface area contributed by atoms with Crippen LogP contribution in [0.2, 0.25) is 5.02 Å². The maximum Gasteiger partial charge on any atom is 0.251 e. The van der Waals surface area contributed by atoms with Gasteiger partial charge in [0.15, 0.2) is 5.96 Å². The van der Waals surface area contributed by atoms with Crippen molar-refractivity contribution in [1.82, 2.24) is 20.1 Å². The predicted octanol–water partition coefficient (Wildman–Crippen LogP) is 3.50. The van der Waals surface area contributed by atoms with Crippen LogP contribution in [0, 0.1) is 0 Å². The number of aromatic nitrogens is 1. The second kappa shape index (κ2) is 11.6. The normalized spacial score (nSPS) is 10.9. The Morgan fingerprint density at radius 2 is 2.00 bits per heavy atom. The summed E-state index contributed by atoms with van der Waals surface area (Å²) in [6, 6.07) is 9.23. The van der Waals surface area contributed by atoms with Crippen molar-refractivity contribution in [2.45, 2.75) is 6.54 Å². The second-order valence-electron chi connectivity index (χ2n) is 5.86. The van der Waals surface area contributed by atoms with Crippen LogP contribution in [0.15, 0.2) is 46.0 Å². The van der Waals surface area contributed by atoms with Crippen LogP contribution in [-0.4, -0.2) is 48.5 Å². The van der Waals surface area contributed by atoms with E-state index < -0.39 is 0 Å². The number of hydrogen-bond donors (Lipinski definition) is 2. The van der Waals surface area contributed by atoms with Crippen molar-refractivity contribution in [3.63, 3.8) is 0 Å². The van der Waals surface area contributed by atoms with Gasteiger partial charge in [0.05, 0.1) is 11.6 Å². The molecule has 1 aromatic carbocycles. The lowest BCUT2D eigenvalue weighted by molar-refractivity contribution is 0.0954. The summed E-state index contributed by atoms with van der Waals surface area (Å²) < 4.78 is 2.87. The number of amides is 1. The van der Waals surface area contributed by atoms with Crippen LogP contribution < -0.4 is 10.6 Å². The highest BCUT2D eigenvalue weighted by atomic mass is 127. The minimum absolute atomic E-state index is 0. The molecule has 0 saturated carbocycles. The van der Waals surface area contributed by atoms with E-state index in [4.69, 9.17) is 11.6 Å². The van der Waals surface area contributed by atoms with Gasteiger partial charge < -0.3 is 20.1 Å². The first kappa shape index (κ1) is 23.8. The van der Waals surface area contributed by atoms with E-state index in [2.05, 4.69) is 31.6 Å². The molecule has 0 aliphatic heterocycles. The zero-order valence-electron chi connectivity index (χ0n) is 15.5. The van der Waals surface area contributed by atoms with Gasteiger partial charge in [-0.05, 0) is 24.3 Å². The van der Waals surface area contributed by atoms with Gasteiger partial charge in [-0.25, -0.2) is 0 Å². The van der Waals surface area contributed by atoms with Crippen molar-refractivity contribution in [3.8, 4) is 0 Å². The summed E-state index contributed by atoms with van der Waals surface area (Å²) in [5.41, 5.74) is 1.71. The molecule has 148 valence electrons. The third kappa shape index (κ3) is 7.34. The van der Waals surface area contributed by atoms with E-state index in [1.807, 2.05) is 48.0 Å². The van der Waals surface area contributed by atoms with Crippen LogP contribution in [0.1, 0.15) is 16.1 Å². The summed E-state index contributed by atoms with van der Waals surface area (Å²) in [7, 11) is 5.65. The summed E-state index contributed by atoms with van der Waals surface area (Å²) in [6.07, 6.45) is 1.87. The molecule has 1 aromatic heterocycles. The molecule has 1 heterocycles. The number of carbonyl (C=O) groups is 1. The van der Waals surface area contributed by atoms with E-state index in [0.717, 1.165) is 16.1 Å². The van der Waals surface area contributed by atoms with Gasteiger partial charge in [0.1, 0.15) is 0 Å². The van der Waals surface area contributed by atoms with E-state index in [-0.39, 0.29) is 29.9 Å². The van der Waals surface area contributed by atoms with Gasteiger partial charge in [0.2, 0.25) is 0 Å². The summed E-state index contributed by atoms with van der Waals surface area (Å²) in [6.45, 7) is 1.74. The molecule has 2 aromatic rings. The molecule has 2 rings (SSSR count). The molecule has 2 N–H and O–H groups in total. The lowest BCUT2D eigenvalue weighted by atomic mass is 10.2. The highest BCUT2D eigenvalue weighted by Crippen LogP contribution is 2.14. The maximum absolute atomic E-state index is 12.1. The molecule has 0 aliphatic rings. The zero-order chi connectivity index (χ0) is 19.1. The van der Waals surface area contributed by atoms with Gasteiger partial charge in [-0.3, -0.25) is 9.79 Å². The van der Waals surface area contributed by atoms with Crippen LogP contribution in [0.5, 0.6) is 0 Å². The Labute approximate surface area is 190 Å². The summed E-state index contributed by atoms with van der Waals surface area (Å²) in [5.74, 6) is 0.647. The van der Waals surface area contributed by atoms with Crippen LogP contribution in [0.25, 0.3) is 0 Å². The van der Waals surface area contributed by atoms with Crippen molar-refractivity contribution in [1.29, 1.82) is 0 Å². The van der Waals surface area contributed by atoms with E-state index in [0.29, 0.717) is 30.2 Å². The molecule has 0 atom stereocenters. The molecule has 0 bridgehead atoms. The fraction of sp³-hybridized carbons (Fsp3) is 0.333. The summed E-state index contributed by atoms with van der Waals surface area (Å²) >= 11 is 9.39. The zero-order valence-corrected chi connectivity index (χ0v) is 20.2. The predicted molar refractivity (Wildman–Crippen MR) is 125 cm³/mol. The minimum Gasteiger partial charge on any atom is -0.354 e. The van der Waals surface area contributed by atoms with Gasteiger partial charge >= 0.3 is 0 Å². The Bertz CT molecular complexity index is 796. The Morgan fingerprint density at radius 3 is 2.59 bits per heavy atom. The molecular weight excluding hydrogens is 544 g/mol. The average Bonchev–Trinajstić information content (AvgIpc) is 2.91. The van der Waals surface area contributed by atoms with Crippen LogP contribution in [0.4, 0.5) is 0 Å². The molecule has 0 fully saturated rings. The first-order valence-corrected chi connectivity index (χ1v) is 9.34. The first-order chi connectivity index (χ1) is 12.4. The Morgan fingerprint density at radius 1 is 1.30 bits per heavy atom. The van der Waals surface area contributed by atoms with Crippen LogP contribution in [-0.2, 0) is 13.6 Å². The number of guanidine groups is 1. The van der Waals surface area contributed by atoms with E-state index in [9.17, 15) is 4.79 Å². The van der Waals surface area contributed by atoms with E-state index in [1.165, 1.54) is 0 Å². The molecular formula is C18H24BrClIN5O. The maximum atomic E-state index is 12.1. The number of rotatable bonds is 6. The van der Waals surface area contributed by atoms with E-state index >= 15 is 0 Å². The standard InChI is InChI=1S/C18H23BrClN5O.HI/c1-21-18(25(3)12-16-10-15(20)11-24(16)2)23-8-7-22-17(26)13-5-4-6-14(19)9-13;/h4-6,9-11H,7-8,12H2,1-3H3,(H,21,23)(H,22,26);1H. The third-order valence-electron chi connectivity index (χ3n) is 3.83. The molecule has 0 radical (unpaired) electrons. The van der Waals surface area contributed by atoms with Crippen molar-refractivity contribution in [2.24, 2.45) is 12.0 Å². The van der Waals surface area contributed by atoms with Gasteiger partial charge in [0, 0.05) is 56.2 Å². The Balaban J connectivity index is 0.00000364. The SMILES string of the molecule is CN=C(NCCNC(=O)c1cccc(Br)c1)N(C)Cc1cc(Cl)cn1C.I. The number of nitrogens with zero attached hydrogens (tertiary/aromatic N) is 3. The average molecular weight is 569 g/mol. The van der Waals surface area contributed by atoms with Crippen molar-refractivity contribution < 1.29 is 4.79 Å². The number of aryl methyl sites for hydroxylation is 1. The quantitative estimate of drug-likeness (QED) is 0.243. The fourth-order valence-electron chi connectivity index (χ4n) is 2.51. The third-order valence-corrected chi connectivity index (χ3v) is 4.53. The molecule has 27 heavy (non-hydrogen) atoms. The Kier molecular flexibility index (Phi) is 10.2. The first-order valence-electron chi connectivity index (χ1n) is 8.17. The minimum atomic E-state index is -0.102. The fourth-order valence-corrected chi connectivity index (χ4v) is 3.18. The van der Waals surface area contributed by atoms with Gasteiger partial charge in [-0.15, -0.1) is 24.0 Å². The number of aliphatic imine (C=N–C) groups is 1. The van der Waals surface area contributed by atoms with E-state index in [1.54, 1.807) is 19.2 Å². The number of hydrogen-bond acceptors (Lipinski definition) is 2. The smallest absolute Gasteiger partial charge is 0.251 e. The molecule has 1 amide bonds. The van der Waals surface area contributed by atoms with Crippen LogP contribution in [0.3, 0.4) is 0 Å². The number of halogens is 3. The van der Waals surface area contributed by atoms with Crippen molar-refractivity contribution >= 4 is 63.4 Å². The summed E-state index contributed by atoms with van der Waals surface area (Å²) in [5, 5.41) is 6.85. The molecule has 9 heteroatoms. The van der Waals surface area contributed by atoms with Crippen molar-refractivity contribution in [2.75, 3.05) is 27.2 Å². The number of nitrogens with one attached hydrogen (secondary N) is 2. The molecule has 0 spiro atoms. The molecule has 0 aliphatic carbocycles. The Hall–Kier alpha value is -1.26. The largest absolute Gasteiger partial charge is 0.354 e. The van der Waals surface area contributed by atoms with Gasteiger partial charge in [-0.1, -0.05) is 33.6 Å². The van der Waals surface area contributed by atoms with Crippen molar-refractivity contribution in [3.05, 3.63) is 57.3 Å². The van der Waals surface area contributed by atoms with Crippen LogP contribution >= 0.6 is 51.5 Å². The number of carbonyl (C=O) groups excluding carboxylic acids is 1. The molecule has 0 saturated heterocycles. The lowest BCUT2D eigenvalue weighted by Gasteiger charge is -2.22. The monoisotopic (exact) mass is 567 g/mol. The second-order valence-corrected chi connectivity index (χ2v) is 7.21. The number of benzene rings is 1. The van der Waals surface area contributed by atoms with Gasteiger partial charge in [-0.2, -0.15) is 0 Å². The highest BCUT2D eigenvalue weighted by molar-refractivity contribution is 14.0. The lowest BCUT2D eigenvalue weighted by Crippen LogP contribution is -2.42.